The summed E-state index contributed by atoms with van der Waals surface area (Å²) in [7, 11) is 0. The number of nitrogens with zero attached hydrogens (tertiary/aromatic N) is 5. The van der Waals surface area contributed by atoms with E-state index < -0.39 is 0 Å². The van der Waals surface area contributed by atoms with Crippen molar-refractivity contribution in [3.8, 4) is 0 Å². The quantitative estimate of drug-likeness (QED) is 0.569. The number of aromatic nitrogens is 5. The van der Waals surface area contributed by atoms with Crippen LogP contribution in [0.15, 0.2) is 53.6 Å². The lowest BCUT2D eigenvalue weighted by Gasteiger charge is -2.07. The molecule has 0 aliphatic carbocycles. The zero-order valence-corrected chi connectivity index (χ0v) is 12.1. The van der Waals surface area contributed by atoms with Gasteiger partial charge in [0.15, 0.2) is 11.2 Å². The van der Waals surface area contributed by atoms with E-state index in [9.17, 15) is 4.79 Å². The van der Waals surface area contributed by atoms with Gasteiger partial charge in [0.05, 0.1) is 12.7 Å². The van der Waals surface area contributed by atoms with E-state index in [0.717, 1.165) is 5.56 Å². The normalized spacial score (nSPS) is 11.3. The lowest BCUT2D eigenvalue weighted by molar-refractivity contribution is 0.760. The highest BCUT2D eigenvalue weighted by atomic mass is 35.5. The molecule has 1 aromatic carbocycles. The van der Waals surface area contributed by atoms with E-state index in [4.69, 9.17) is 11.6 Å². The van der Waals surface area contributed by atoms with Crippen molar-refractivity contribution >= 4 is 28.3 Å². The van der Waals surface area contributed by atoms with Crippen molar-refractivity contribution in [1.29, 1.82) is 0 Å². The fourth-order valence-corrected chi connectivity index (χ4v) is 2.51. The maximum atomic E-state index is 12.6. The molecule has 0 spiro atoms. The summed E-state index contributed by atoms with van der Waals surface area (Å²) in [5.41, 5.74) is 2.35. The first-order chi connectivity index (χ1) is 10.7. The number of pyridine rings is 1. The zero-order chi connectivity index (χ0) is 15.1. The number of hydrogen-bond acceptors (Lipinski definition) is 4. The highest BCUT2D eigenvalue weighted by molar-refractivity contribution is 6.30. The van der Waals surface area contributed by atoms with Gasteiger partial charge in [0.1, 0.15) is 5.52 Å². The number of benzene rings is 1. The van der Waals surface area contributed by atoms with Crippen molar-refractivity contribution in [3.05, 3.63) is 69.7 Å². The molecule has 0 saturated carbocycles. The van der Waals surface area contributed by atoms with Gasteiger partial charge in [-0.3, -0.25) is 4.79 Å². The van der Waals surface area contributed by atoms with Gasteiger partial charge in [0.25, 0.3) is 5.56 Å². The number of fused-ring (bicyclic) bond motifs is 3. The Morgan fingerprint density at radius 2 is 1.86 bits per heavy atom. The first-order valence-electron chi connectivity index (χ1n) is 6.66. The lowest BCUT2D eigenvalue weighted by Crippen LogP contribution is -2.22. The Labute approximate surface area is 129 Å². The molecule has 0 bridgehead atoms. The van der Waals surface area contributed by atoms with Gasteiger partial charge >= 0.3 is 0 Å². The average molecular weight is 312 g/mol. The molecule has 4 aromatic rings. The van der Waals surface area contributed by atoms with Gasteiger partial charge in [-0.25, -0.2) is 4.52 Å². The molecule has 22 heavy (non-hydrogen) atoms. The smallest absolute Gasteiger partial charge is 0.280 e. The van der Waals surface area contributed by atoms with Crippen molar-refractivity contribution < 1.29 is 0 Å². The lowest BCUT2D eigenvalue weighted by atomic mass is 10.2. The molecule has 0 aliphatic rings. The van der Waals surface area contributed by atoms with Crippen molar-refractivity contribution in [2.75, 3.05) is 0 Å². The van der Waals surface area contributed by atoms with Crippen LogP contribution in [0, 0.1) is 0 Å². The minimum Gasteiger partial charge on any atom is -0.309 e. The van der Waals surface area contributed by atoms with E-state index in [1.54, 1.807) is 39.7 Å². The zero-order valence-electron chi connectivity index (χ0n) is 11.3. The van der Waals surface area contributed by atoms with Gasteiger partial charge in [-0.1, -0.05) is 23.7 Å². The average Bonchev–Trinajstić information content (AvgIpc) is 3.01. The molecular formula is C15H10ClN5O. The summed E-state index contributed by atoms with van der Waals surface area (Å²) in [6, 6.07) is 10.9. The standard InChI is InChI=1S/C15H10ClN5O/c16-11-3-1-10(2-4-11)9-20-8-6-12-14(15(20)22)19-18-13-5-7-17-21(12)13/h1-8H,9H2. The fraction of sp³-hybridized carbons (Fsp3) is 0.0667. The SMILES string of the molecule is O=c1c2nnc3ccnn3c2ccn1Cc1ccc(Cl)cc1. The summed E-state index contributed by atoms with van der Waals surface area (Å²) in [6.07, 6.45) is 3.37. The summed E-state index contributed by atoms with van der Waals surface area (Å²) in [6.45, 7) is 0.449. The largest absolute Gasteiger partial charge is 0.309 e. The van der Waals surface area contributed by atoms with Crippen LogP contribution in [0.1, 0.15) is 5.56 Å². The molecule has 0 unspecified atom stereocenters. The second-order valence-electron chi connectivity index (χ2n) is 4.91. The summed E-state index contributed by atoms with van der Waals surface area (Å²) >= 11 is 5.87. The van der Waals surface area contributed by atoms with Gasteiger partial charge < -0.3 is 4.57 Å². The van der Waals surface area contributed by atoms with E-state index in [1.807, 2.05) is 18.2 Å². The summed E-state index contributed by atoms with van der Waals surface area (Å²) in [5.74, 6) is 0. The molecule has 108 valence electrons. The van der Waals surface area contributed by atoms with E-state index in [0.29, 0.717) is 28.2 Å². The molecule has 0 radical (unpaired) electrons. The van der Waals surface area contributed by atoms with Crippen LogP contribution in [0.5, 0.6) is 0 Å². The molecule has 7 heteroatoms. The van der Waals surface area contributed by atoms with Crippen molar-refractivity contribution in [1.82, 2.24) is 24.4 Å². The van der Waals surface area contributed by atoms with Crippen molar-refractivity contribution in [2.45, 2.75) is 6.54 Å². The number of hydrogen-bond donors (Lipinski definition) is 0. The molecule has 0 fully saturated rings. The van der Waals surface area contributed by atoms with Crippen LogP contribution in [0.4, 0.5) is 0 Å². The second kappa shape index (κ2) is 4.92. The minimum atomic E-state index is -0.197. The molecule has 0 aliphatic heterocycles. The molecule has 0 atom stereocenters. The Balaban J connectivity index is 1.85. The van der Waals surface area contributed by atoms with Gasteiger partial charge in [-0.15, -0.1) is 10.2 Å². The molecule has 3 heterocycles. The van der Waals surface area contributed by atoms with E-state index in [2.05, 4.69) is 15.3 Å². The topological polar surface area (TPSA) is 65.1 Å². The number of halogens is 1. The third kappa shape index (κ3) is 2.05. The first kappa shape index (κ1) is 13.0. The second-order valence-corrected chi connectivity index (χ2v) is 5.35. The number of rotatable bonds is 2. The third-order valence-corrected chi connectivity index (χ3v) is 3.74. The Hall–Kier alpha value is -2.73. The summed E-state index contributed by atoms with van der Waals surface area (Å²) < 4.78 is 3.20. The van der Waals surface area contributed by atoms with Gasteiger partial charge in [-0.05, 0) is 23.8 Å². The van der Waals surface area contributed by atoms with E-state index in [-0.39, 0.29) is 5.56 Å². The maximum Gasteiger partial charge on any atom is 0.280 e. The van der Waals surface area contributed by atoms with Crippen LogP contribution in [0.3, 0.4) is 0 Å². The maximum absolute atomic E-state index is 12.6. The van der Waals surface area contributed by atoms with Gasteiger partial charge in [0.2, 0.25) is 0 Å². The Bertz CT molecular complexity index is 1040. The van der Waals surface area contributed by atoms with E-state index in [1.165, 1.54) is 0 Å². The Morgan fingerprint density at radius 3 is 2.68 bits per heavy atom. The van der Waals surface area contributed by atoms with Crippen molar-refractivity contribution in [3.63, 3.8) is 0 Å². The molecule has 0 amide bonds. The molecule has 4 rings (SSSR count). The van der Waals surface area contributed by atoms with Crippen LogP contribution in [-0.4, -0.2) is 24.4 Å². The minimum absolute atomic E-state index is 0.197. The van der Waals surface area contributed by atoms with E-state index >= 15 is 0 Å². The van der Waals surface area contributed by atoms with Gasteiger partial charge in [0, 0.05) is 17.3 Å². The van der Waals surface area contributed by atoms with Crippen LogP contribution < -0.4 is 5.56 Å². The van der Waals surface area contributed by atoms with Crippen molar-refractivity contribution in [2.24, 2.45) is 0 Å². The van der Waals surface area contributed by atoms with Crippen LogP contribution in [0.25, 0.3) is 16.7 Å². The molecule has 6 nitrogen and oxygen atoms in total. The summed E-state index contributed by atoms with van der Waals surface area (Å²) in [4.78, 5) is 12.6. The highest BCUT2D eigenvalue weighted by Gasteiger charge is 2.09. The molecule has 0 saturated heterocycles. The van der Waals surface area contributed by atoms with Crippen LogP contribution in [0.2, 0.25) is 5.02 Å². The molecule has 0 N–H and O–H groups in total. The van der Waals surface area contributed by atoms with Crippen LogP contribution in [-0.2, 0) is 6.54 Å². The predicted octanol–water partition coefficient (Wildman–Crippen LogP) is 2.14. The fourth-order valence-electron chi connectivity index (χ4n) is 2.39. The van der Waals surface area contributed by atoms with Gasteiger partial charge in [-0.2, -0.15) is 5.10 Å². The predicted molar refractivity (Wildman–Crippen MR) is 83.1 cm³/mol. The molecule has 3 aromatic heterocycles. The third-order valence-electron chi connectivity index (χ3n) is 3.49. The van der Waals surface area contributed by atoms with Crippen LogP contribution >= 0.6 is 11.6 Å². The first-order valence-corrected chi connectivity index (χ1v) is 7.04. The summed E-state index contributed by atoms with van der Waals surface area (Å²) in [5, 5.41) is 12.9. The molecular weight excluding hydrogens is 302 g/mol. The monoisotopic (exact) mass is 311 g/mol. The Morgan fingerprint density at radius 1 is 1.05 bits per heavy atom. The Kier molecular flexibility index (Phi) is 2.90. The highest BCUT2D eigenvalue weighted by Crippen LogP contribution is 2.12.